The zero-order chi connectivity index (χ0) is 10.6. The SMILES string of the molecule is C/C=C(C)\C=C(/N)c1cc(C)ccn1. The normalized spacial score (nSPS) is 13.1. The molecule has 0 radical (unpaired) electrons. The molecule has 0 aromatic carbocycles. The van der Waals surface area contributed by atoms with Gasteiger partial charge in [0.25, 0.3) is 0 Å². The highest BCUT2D eigenvalue weighted by Crippen LogP contribution is 2.09. The summed E-state index contributed by atoms with van der Waals surface area (Å²) in [7, 11) is 0. The maximum Gasteiger partial charge on any atom is 0.0861 e. The zero-order valence-electron chi connectivity index (χ0n) is 8.91. The van der Waals surface area contributed by atoms with Gasteiger partial charge in [0.1, 0.15) is 0 Å². The lowest BCUT2D eigenvalue weighted by atomic mass is 10.1. The van der Waals surface area contributed by atoms with Crippen LogP contribution in [0.1, 0.15) is 25.1 Å². The van der Waals surface area contributed by atoms with Crippen LogP contribution in [0.5, 0.6) is 0 Å². The van der Waals surface area contributed by atoms with Crippen molar-refractivity contribution in [3.63, 3.8) is 0 Å². The van der Waals surface area contributed by atoms with Crippen LogP contribution in [0.25, 0.3) is 5.70 Å². The molecule has 0 aliphatic rings. The average Bonchev–Trinajstić information content (AvgIpc) is 2.17. The molecule has 0 spiro atoms. The third-order valence-electron chi connectivity index (χ3n) is 2.05. The van der Waals surface area contributed by atoms with E-state index in [1.54, 1.807) is 6.20 Å². The van der Waals surface area contributed by atoms with Crippen molar-refractivity contribution >= 4 is 5.70 Å². The number of allylic oxidation sites excluding steroid dienone is 3. The smallest absolute Gasteiger partial charge is 0.0861 e. The summed E-state index contributed by atoms with van der Waals surface area (Å²) in [6.45, 7) is 6.03. The van der Waals surface area contributed by atoms with Crippen LogP contribution < -0.4 is 5.73 Å². The molecular formula is C12H16N2. The molecular weight excluding hydrogens is 172 g/mol. The molecule has 0 atom stereocenters. The van der Waals surface area contributed by atoms with Crippen molar-refractivity contribution in [3.05, 3.63) is 47.3 Å². The minimum Gasteiger partial charge on any atom is -0.397 e. The summed E-state index contributed by atoms with van der Waals surface area (Å²) < 4.78 is 0. The molecule has 0 bridgehead atoms. The number of rotatable bonds is 2. The number of pyridine rings is 1. The Hall–Kier alpha value is -1.57. The van der Waals surface area contributed by atoms with Crippen molar-refractivity contribution in [1.82, 2.24) is 4.98 Å². The van der Waals surface area contributed by atoms with Gasteiger partial charge in [-0.1, -0.05) is 11.6 Å². The van der Waals surface area contributed by atoms with Gasteiger partial charge in [0.05, 0.1) is 11.4 Å². The van der Waals surface area contributed by atoms with Crippen LogP contribution in [0.3, 0.4) is 0 Å². The molecule has 0 saturated carbocycles. The van der Waals surface area contributed by atoms with E-state index in [1.165, 1.54) is 5.56 Å². The predicted octanol–water partition coefficient (Wildman–Crippen LogP) is 2.66. The lowest BCUT2D eigenvalue weighted by Gasteiger charge is -2.01. The highest BCUT2D eigenvalue weighted by molar-refractivity contribution is 5.62. The maximum atomic E-state index is 5.90. The van der Waals surface area contributed by atoms with E-state index in [4.69, 9.17) is 5.73 Å². The van der Waals surface area contributed by atoms with Crippen LogP contribution in [0.4, 0.5) is 0 Å². The van der Waals surface area contributed by atoms with Crippen LogP contribution in [0, 0.1) is 6.92 Å². The molecule has 1 heterocycles. The first-order valence-corrected chi connectivity index (χ1v) is 4.66. The van der Waals surface area contributed by atoms with E-state index >= 15 is 0 Å². The first-order chi connectivity index (χ1) is 6.63. The monoisotopic (exact) mass is 188 g/mol. The lowest BCUT2D eigenvalue weighted by Crippen LogP contribution is -1.99. The minimum atomic E-state index is 0.712. The molecule has 0 amide bonds. The van der Waals surface area contributed by atoms with E-state index < -0.39 is 0 Å². The molecule has 0 fully saturated rings. The van der Waals surface area contributed by atoms with Gasteiger partial charge in [-0.25, -0.2) is 0 Å². The van der Waals surface area contributed by atoms with E-state index in [0.717, 1.165) is 11.3 Å². The van der Waals surface area contributed by atoms with Gasteiger partial charge >= 0.3 is 0 Å². The zero-order valence-corrected chi connectivity index (χ0v) is 8.91. The second-order valence-electron chi connectivity index (χ2n) is 3.35. The Bertz CT molecular complexity index is 376. The number of nitrogens with zero attached hydrogens (tertiary/aromatic N) is 1. The third kappa shape index (κ3) is 2.73. The summed E-state index contributed by atoms with van der Waals surface area (Å²) in [5.74, 6) is 0. The third-order valence-corrected chi connectivity index (χ3v) is 2.05. The van der Waals surface area contributed by atoms with Crippen molar-refractivity contribution in [2.45, 2.75) is 20.8 Å². The maximum absolute atomic E-state index is 5.90. The Morgan fingerprint density at radius 2 is 2.21 bits per heavy atom. The fourth-order valence-electron chi connectivity index (χ4n) is 1.10. The molecule has 0 saturated heterocycles. The van der Waals surface area contributed by atoms with Gasteiger partial charge in [-0.15, -0.1) is 0 Å². The van der Waals surface area contributed by atoms with Gasteiger partial charge in [0, 0.05) is 6.20 Å². The fourth-order valence-corrected chi connectivity index (χ4v) is 1.10. The van der Waals surface area contributed by atoms with Crippen LogP contribution in [-0.2, 0) is 0 Å². The largest absolute Gasteiger partial charge is 0.397 e. The van der Waals surface area contributed by atoms with Gasteiger partial charge < -0.3 is 5.73 Å². The van der Waals surface area contributed by atoms with Crippen molar-refractivity contribution in [3.8, 4) is 0 Å². The van der Waals surface area contributed by atoms with Gasteiger partial charge in [0.2, 0.25) is 0 Å². The van der Waals surface area contributed by atoms with Crippen LogP contribution in [-0.4, -0.2) is 4.98 Å². The Kier molecular flexibility index (Phi) is 3.46. The van der Waals surface area contributed by atoms with Crippen LogP contribution in [0.2, 0.25) is 0 Å². The van der Waals surface area contributed by atoms with E-state index in [9.17, 15) is 0 Å². The quantitative estimate of drug-likeness (QED) is 0.725. The minimum absolute atomic E-state index is 0.712. The molecule has 2 N–H and O–H groups in total. The van der Waals surface area contributed by atoms with E-state index in [0.29, 0.717) is 5.70 Å². The first kappa shape index (κ1) is 10.5. The molecule has 2 nitrogen and oxygen atoms in total. The second kappa shape index (κ2) is 4.61. The van der Waals surface area contributed by atoms with Crippen LogP contribution in [0.15, 0.2) is 36.1 Å². The number of hydrogen-bond acceptors (Lipinski definition) is 2. The molecule has 1 aromatic rings. The molecule has 0 unspecified atom stereocenters. The summed E-state index contributed by atoms with van der Waals surface area (Å²) in [6.07, 6.45) is 5.72. The van der Waals surface area contributed by atoms with E-state index in [1.807, 2.05) is 45.1 Å². The molecule has 0 aliphatic carbocycles. The predicted molar refractivity (Wildman–Crippen MR) is 60.6 cm³/mol. The number of aromatic nitrogens is 1. The molecule has 1 aromatic heterocycles. The van der Waals surface area contributed by atoms with Crippen molar-refractivity contribution in [1.29, 1.82) is 0 Å². The van der Waals surface area contributed by atoms with Crippen molar-refractivity contribution in [2.75, 3.05) is 0 Å². The summed E-state index contributed by atoms with van der Waals surface area (Å²) in [5.41, 5.74) is 9.76. The van der Waals surface area contributed by atoms with E-state index in [2.05, 4.69) is 4.98 Å². The standard InChI is InChI=1S/C12H16N2/c1-4-9(2)7-11(13)12-8-10(3)5-6-14-12/h4-8H,13H2,1-3H3/b9-4-,11-7-. The summed E-state index contributed by atoms with van der Waals surface area (Å²) in [4.78, 5) is 4.21. The highest BCUT2D eigenvalue weighted by atomic mass is 14.7. The van der Waals surface area contributed by atoms with Gasteiger partial charge in [-0.05, 0) is 44.5 Å². The Labute approximate surface area is 85.2 Å². The summed E-state index contributed by atoms with van der Waals surface area (Å²) >= 11 is 0. The number of hydrogen-bond donors (Lipinski definition) is 1. The lowest BCUT2D eigenvalue weighted by molar-refractivity contribution is 1.22. The van der Waals surface area contributed by atoms with Crippen molar-refractivity contribution < 1.29 is 0 Å². The first-order valence-electron chi connectivity index (χ1n) is 4.66. The Morgan fingerprint density at radius 3 is 2.79 bits per heavy atom. The van der Waals surface area contributed by atoms with Crippen molar-refractivity contribution in [2.24, 2.45) is 5.73 Å². The van der Waals surface area contributed by atoms with Gasteiger partial charge in [0.15, 0.2) is 0 Å². The summed E-state index contributed by atoms with van der Waals surface area (Å²) in [5, 5.41) is 0. The summed E-state index contributed by atoms with van der Waals surface area (Å²) in [6, 6.07) is 3.94. The van der Waals surface area contributed by atoms with Gasteiger partial charge in [-0.2, -0.15) is 0 Å². The highest BCUT2D eigenvalue weighted by Gasteiger charge is 1.97. The molecule has 2 heteroatoms. The van der Waals surface area contributed by atoms with Gasteiger partial charge in [-0.3, -0.25) is 4.98 Å². The Morgan fingerprint density at radius 1 is 1.50 bits per heavy atom. The topological polar surface area (TPSA) is 38.9 Å². The number of aryl methyl sites for hydroxylation is 1. The number of nitrogens with two attached hydrogens (primary N) is 1. The molecule has 14 heavy (non-hydrogen) atoms. The average molecular weight is 188 g/mol. The van der Waals surface area contributed by atoms with E-state index in [-0.39, 0.29) is 0 Å². The second-order valence-corrected chi connectivity index (χ2v) is 3.35. The molecule has 0 aliphatic heterocycles. The fraction of sp³-hybridized carbons (Fsp3) is 0.250. The molecule has 74 valence electrons. The molecule has 1 rings (SSSR count). The van der Waals surface area contributed by atoms with Crippen LogP contribution >= 0.6 is 0 Å². The Balaban J connectivity index is 3.00.